The molecule has 0 saturated carbocycles. The van der Waals surface area contributed by atoms with Gasteiger partial charge in [0.15, 0.2) is 0 Å². The van der Waals surface area contributed by atoms with E-state index in [1.165, 1.54) is 6.07 Å². The molecular formula is C19H18FN5O. The van der Waals surface area contributed by atoms with Crippen molar-refractivity contribution in [1.29, 1.82) is 0 Å². The standard InChI is InChI=1S/C19H18FN5O/c20-14-9-11(22-8-7-21)5-6-12(14)17-19-18(25-16(26)10-23-17)13-3-1-2-4-15(13)24-19/h1-6,9,22,24H,7-8,10,21H2,(H,25,26). The van der Waals surface area contributed by atoms with E-state index in [2.05, 4.69) is 20.6 Å². The molecule has 1 amide bonds. The van der Waals surface area contributed by atoms with Crippen molar-refractivity contribution < 1.29 is 9.18 Å². The molecule has 0 fully saturated rings. The highest BCUT2D eigenvalue weighted by Gasteiger charge is 2.24. The zero-order valence-electron chi connectivity index (χ0n) is 14.0. The fourth-order valence-electron chi connectivity index (χ4n) is 3.11. The fraction of sp³-hybridized carbons (Fsp3) is 0.158. The van der Waals surface area contributed by atoms with Gasteiger partial charge in [-0.1, -0.05) is 18.2 Å². The fourth-order valence-corrected chi connectivity index (χ4v) is 3.11. The van der Waals surface area contributed by atoms with Gasteiger partial charge in [0.25, 0.3) is 0 Å². The van der Waals surface area contributed by atoms with Crippen molar-refractivity contribution in [3.63, 3.8) is 0 Å². The van der Waals surface area contributed by atoms with Gasteiger partial charge in [-0.3, -0.25) is 9.79 Å². The number of anilines is 2. The molecule has 3 aromatic rings. The summed E-state index contributed by atoms with van der Waals surface area (Å²) in [5, 5.41) is 6.78. The maximum Gasteiger partial charge on any atom is 0.246 e. The Morgan fingerprint density at radius 1 is 1.23 bits per heavy atom. The van der Waals surface area contributed by atoms with Crippen LogP contribution in [0.1, 0.15) is 11.3 Å². The molecule has 0 aliphatic carbocycles. The minimum Gasteiger partial charge on any atom is -0.384 e. The van der Waals surface area contributed by atoms with Gasteiger partial charge in [-0.05, 0) is 24.3 Å². The molecule has 6 nitrogen and oxygen atoms in total. The van der Waals surface area contributed by atoms with Crippen LogP contribution in [0.15, 0.2) is 47.5 Å². The second-order valence-corrected chi connectivity index (χ2v) is 6.04. The average Bonchev–Trinajstić information content (AvgIpc) is 2.91. The highest BCUT2D eigenvalue weighted by molar-refractivity contribution is 6.22. The van der Waals surface area contributed by atoms with Crippen LogP contribution in [0.2, 0.25) is 0 Å². The summed E-state index contributed by atoms with van der Waals surface area (Å²) in [5.41, 5.74) is 8.98. The lowest BCUT2D eigenvalue weighted by Crippen LogP contribution is -2.14. The van der Waals surface area contributed by atoms with Crippen LogP contribution in [0.25, 0.3) is 10.9 Å². The number of hydrogen-bond donors (Lipinski definition) is 4. The topological polar surface area (TPSA) is 95.3 Å². The van der Waals surface area contributed by atoms with Crippen LogP contribution in [0.5, 0.6) is 0 Å². The van der Waals surface area contributed by atoms with Crippen LogP contribution in [0.4, 0.5) is 15.8 Å². The van der Waals surface area contributed by atoms with Crippen molar-refractivity contribution >= 4 is 33.9 Å². The number of H-pyrrole nitrogens is 1. The lowest BCUT2D eigenvalue weighted by atomic mass is 10.0. The van der Waals surface area contributed by atoms with Crippen LogP contribution in [0, 0.1) is 5.82 Å². The van der Waals surface area contributed by atoms with Gasteiger partial charge in [-0.2, -0.15) is 0 Å². The smallest absolute Gasteiger partial charge is 0.246 e. The summed E-state index contributed by atoms with van der Waals surface area (Å²) in [5.74, 6) is -0.641. The average molecular weight is 351 g/mol. The predicted molar refractivity (Wildman–Crippen MR) is 101 cm³/mol. The number of aromatic nitrogens is 1. The quantitative estimate of drug-likeness (QED) is 0.581. The van der Waals surface area contributed by atoms with Crippen LogP contribution in [0.3, 0.4) is 0 Å². The maximum absolute atomic E-state index is 14.8. The zero-order chi connectivity index (χ0) is 18.1. The number of benzene rings is 2. The monoisotopic (exact) mass is 351 g/mol. The van der Waals surface area contributed by atoms with Crippen molar-refractivity contribution in [2.75, 3.05) is 30.3 Å². The number of amides is 1. The molecule has 1 aromatic heterocycles. The van der Waals surface area contributed by atoms with Crippen molar-refractivity contribution in [1.82, 2.24) is 4.98 Å². The first-order valence-electron chi connectivity index (χ1n) is 8.36. The third-order valence-electron chi connectivity index (χ3n) is 4.29. The summed E-state index contributed by atoms with van der Waals surface area (Å²) in [7, 11) is 0. The molecule has 2 aromatic carbocycles. The van der Waals surface area contributed by atoms with Gasteiger partial charge >= 0.3 is 0 Å². The molecule has 0 bridgehead atoms. The molecule has 5 N–H and O–H groups in total. The van der Waals surface area contributed by atoms with Gasteiger partial charge in [0.2, 0.25) is 5.91 Å². The Morgan fingerprint density at radius 2 is 2.08 bits per heavy atom. The zero-order valence-corrected chi connectivity index (χ0v) is 14.0. The molecule has 1 aliphatic rings. The molecular weight excluding hydrogens is 333 g/mol. The van der Waals surface area contributed by atoms with Crippen LogP contribution < -0.4 is 16.4 Å². The largest absolute Gasteiger partial charge is 0.384 e. The van der Waals surface area contributed by atoms with E-state index in [9.17, 15) is 9.18 Å². The second-order valence-electron chi connectivity index (χ2n) is 6.04. The number of carbonyl (C=O) groups excluding carboxylic acids is 1. The number of carbonyl (C=O) groups is 1. The molecule has 26 heavy (non-hydrogen) atoms. The third kappa shape index (κ3) is 2.82. The number of aromatic amines is 1. The molecule has 7 heteroatoms. The first-order chi connectivity index (χ1) is 12.7. The van der Waals surface area contributed by atoms with Crippen molar-refractivity contribution in [3.8, 4) is 0 Å². The van der Waals surface area contributed by atoms with E-state index in [4.69, 9.17) is 5.73 Å². The Labute approximate surface area is 149 Å². The molecule has 0 spiro atoms. The summed E-state index contributed by atoms with van der Waals surface area (Å²) in [4.78, 5) is 19.7. The van der Waals surface area contributed by atoms with Gasteiger partial charge in [0.1, 0.15) is 12.4 Å². The Bertz CT molecular complexity index is 1020. The normalized spacial score (nSPS) is 13.8. The van der Waals surface area contributed by atoms with Crippen molar-refractivity contribution in [3.05, 3.63) is 59.5 Å². The molecule has 0 atom stereocenters. The van der Waals surface area contributed by atoms with Gasteiger partial charge in [0, 0.05) is 35.2 Å². The van der Waals surface area contributed by atoms with Crippen molar-refractivity contribution in [2.24, 2.45) is 10.7 Å². The van der Waals surface area contributed by atoms with E-state index >= 15 is 0 Å². The van der Waals surface area contributed by atoms with E-state index in [1.807, 2.05) is 24.3 Å². The Morgan fingerprint density at radius 3 is 2.88 bits per heavy atom. The Hall–Kier alpha value is -3.19. The second kappa shape index (κ2) is 6.61. The first-order valence-corrected chi connectivity index (χ1v) is 8.36. The molecule has 2 heterocycles. The molecule has 0 radical (unpaired) electrons. The van der Waals surface area contributed by atoms with E-state index in [1.54, 1.807) is 12.1 Å². The minimum atomic E-state index is -0.412. The van der Waals surface area contributed by atoms with Gasteiger partial charge in [-0.15, -0.1) is 0 Å². The summed E-state index contributed by atoms with van der Waals surface area (Å²) < 4.78 is 14.8. The lowest BCUT2D eigenvalue weighted by Gasteiger charge is -2.10. The number of rotatable bonds is 4. The summed E-state index contributed by atoms with van der Waals surface area (Å²) in [6, 6.07) is 12.5. The maximum atomic E-state index is 14.8. The third-order valence-corrected chi connectivity index (χ3v) is 4.29. The van der Waals surface area contributed by atoms with Crippen LogP contribution in [-0.2, 0) is 4.79 Å². The number of nitrogens with two attached hydrogens (primary N) is 1. The molecule has 0 saturated heterocycles. The van der Waals surface area contributed by atoms with E-state index in [0.717, 1.165) is 10.9 Å². The highest BCUT2D eigenvalue weighted by atomic mass is 19.1. The minimum absolute atomic E-state index is 0.0568. The van der Waals surface area contributed by atoms with Gasteiger partial charge in [-0.25, -0.2) is 4.39 Å². The molecule has 1 aliphatic heterocycles. The first kappa shape index (κ1) is 16.3. The summed E-state index contributed by atoms with van der Waals surface area (Å²) in [6.45, 7) is 0.964. The van der Waals surface area contributed by atoms with E-state index < -0.39 is 5.82 Å². The van der Waals surface area contributed by atoms with Crippen molar-refractivity contribution in [2.45, 2.75) is 0 Å². The number of halogens is 1. The van der Waals surface area contributed by atoms with Gasteiger partial charge < -0.3 is 21.4 Å². The Kier molecular flexibility index (Phi) is 4.14. The van der Waals surface area contributed by atoms with E-state index in [0.29, 0.717) is 41.4 Å². The SMILES string of the molecule is NCCNc1ccc(C2=NCC(=O)Nc3c2[nH]c2ccccc32)c(F)c1. The number of para-hydroxylation sites is 1. The molecule has 4 rings (SSSR count). The van der Waals surface area contributed by atoms with E-state index in [-0.39, 0.29) is 12.5 Å². The van der Waals surface area contributed by atoms with Crippen LogP contribution >= 0.6 is 0 Å². The van der Waals surface area contributed by atoms with Crippen LogP contribution in [-0.4, -0.2) is 36.2 Å². The number of aliphatic imine (C=N–C) groups is 1. The van der Waals surface area contributed by atoms with Gasteiger partial charge in [0.05, 0.1) is 17.1 Å². The Balaban J connectivity index is 1.83. The molecule has 0 unspecified atom stereocenters. The summed E-state index contributed by atoms with van der Waals surface area (Å²) in [6.07, 6.45) is 0. The highest BCUT2D eigenvalue weighted by Crippen LogP contribution is 2.32. The summed E-state index contributed by atoms with van der Waals surface area (Å²) >= 11 is 0. The number of nitrogens with zero attached hydrogens (tertiary/aromatic N) is 1. The number of fused-ring (bicyclic) bond motifs is 3. The molecule has 132 valence electrons. The predicted octanol–water partition coefficient (Wildman–Crippen LogP) is 2.47. The number of nitrogens with one attached hydrogen (secondary N) is 3. The lowest BCUT2D eigenvalue weighted by molar-refractivity contribution is -0.114. The number of hydrogen-bond acceptors (Lipinski definition) is 4.